The van der Waals surface area contributed by atoms with E-state index in [9.17, 15) is 9.59 Å². The molecule has 0 heterocycles. The lowest BCUT2D eigenvalue weighted by Crippen LogP contribution is -2.08. The second kappa shape index (κ2) is 11.3. The van der Waals surface area contributed by atoms with Gasteiger partial charge in [-0.2, -0.15) is 0 Å². The average Bonchev–Trinajstić information content (AvgIpc) is 2.56. The van der Waals surface area contributed by atoms with E-state index < -0.39 is 11.9 Å². The van der Waals surface area contributed by atoms with Crippen LogP contribution in [0, 0.1) is 11.8 Å². The van der Waals surface area contributed by atoms with Gasteiger partial charge in [0.1, 0.15) is 0 Å². The summed E-state index contributed by atoms with van der Waals surface area (Å²) in [6.07, 6.45) is 10.7. The number of benzene rings is 1. The van der Waals surface area contributed by atoms with Crippen LogP contribution in [0.5, 0.6) is 0 Å². The number of rotatable bonds is 10. The molecule has 0 saturated carbocycles. The number of hydrogen-bond donors (Lipinski definition) is 2. The number of hydrogen-bond acceptors (Lipinski definition) is 2. The lowest BCUT2D eigenvalue weighted by atomic mass is 10.0. The van der Waals surface area contributed by atoms with E-state index in [4.69, 9.17) is 10.2 Å². The van der Waals surface area contributed by atoms with E-state index in [1.54, 1.807) is 6.07 Å². The van der Waals surface area contributed by atoms with Crippen molar-refractivity contribution in [2.45, 2.75) is 64.7 Å². The van der Waals surface area contributed by atoms with E-state index in [0.717, 1.165) is 12.8 Å². The molecule has 0 saturated heterocycles. The highest BCUT2D eigenvalue weighted by molar-refractivity contribution is 6.01. The Labute approximate surface area is 143 Å². The molecule has 0 fully saturated rings. The van der Waals surface area contributed by atoms with E-state index in [1.165, 1.54) is 57.1 Å². The summed E-state index contributed by atoms with van der Waals surface area (Å²) < 4.78 is 0. The summed E-state index contributed by atoms with van der Waals surface area (Å²) in [7, 11) is 0. The van der Waals surface area contributed by atoms with Gasteiger partial charge in [-0.15, -0.1) is 0 Å². The standard InChI is InChI=1S/C20H26O4/c1-2-3-4-5-6-7-8-9-10-11-12-16-13-14-17(19(21)22)18(15-16)20(23)24/h13-15H,2-10H2,1H3,(H,21,22)(H,23,24). The fraction of sp³-hybridized carbons (Fsp3) is 0.500. The minimum absolute atomic E-state index is 0.212. The predicted molar refractivity (Wildman–Crippen MR) is 94.5 cm³/mol. The number of aromatic carboxylic acids is 2. The van der Waals surface area contributed by atoms with Crippen molar-refractivity contribution in [1.29, 1.82) is 0 Å². The first-order chi connectivity index (χ1) is 11.6. The van der Waals surface area contributed by atoms with Crippen molar-refractivity contribution >= 4 is 11.9 Å². The van der Waals surface area contributed by atoms with Gasteiger partial charge in [-0.05, 0) is 24.6 Å². The lowest BCUT2D eigenvalue weighted by Gasteiger charge is -2.01. The fourth-order valence-electron chi connectivity index (χ4n) is 2.50. The first-order valence-electron chi connectivity index (χ1n) is 8.65. The van der Waals surface area contributed by atoms with Crippen LogP contribution in [0.1, 0.15) is 91.0 Å². The zero-order chi connectivity index (χ0) is 17.8. The molecule has 4 heteroatoms. The van der Waals surface area contributed by atoms with Crippen LogP contribution in [0.25, 0.3) is 0 Å². The SMILES string of the molecule is CCCCCCCCCCC#Cc1ccc(C(=O)O)c(C(=O)O)c1. The molecule has 0 aromatic heterocycles. The van der Waals surface area contributed by atoms with Gasteiger partial charge in [-0.1, -0.05) is 63.7 Å². The molecule has 0 aliphatic rings. The van der Waals surface area contributed by atoms with Crippen LogP contribution >= 0.6 is 0 Å². The third-order valence-corrected chi connectivity index (χ3v) is 3.87. The summed E-state index contributed by atoms with van der Waals surface area (Å²) in [4.78, 5) is 22.1. The van der Waals surface area contributed by atoms with E-state index in [0.29, 0.717) is 5.56 Å². The summed E-state index contributed by atoms with van der Waals surface area (Å²) in [6.45, 7) is 2.22. The lowest BCUT2D eigenvalue weighted by molar-refractivity contribution is 0.0651. The molecule has 0 unspecified atom stereocenters. The first kappa shape index (κ1) is 19.8. The van der Waals surface area contributed by atoms with Gasteiger partial charge in [0.15, 0.2) is 0 Å². The Morgan fingerprint density at radius 3 is 2.04 bits per heavy atom. The molecule has 130 valence electrons. The first-order valence-corrected chi connectivity index (χ1v) is 8.65. The van der Waals surface area contributed by atoms with Crippen molar-refractivity contribution in [3.63, 3.8) is 0 Å². The summed E-state index contributed by atoms with van der Waals surface area (Å²) in [6, 6.07) is 4.18. The third kappa shape index (κ3) is 7.32. The number of unbranched alkanes of at least 4 members (excludes halogenated alkanes) is 8. The largest absolute Gasteiger partial charge is 0.478 e. The van der Waals surface area contributed by atoms with Crippen LogP contribution in [0.4, 0.5) is 0 Å². The third-order valence-electron chi connectivity index (χ3n) is 3.87. The Morgan fingerprint density at radius 2 is 1.46 bits per heavy atom. The van der Waals surface area contributed by atoms with Crippen LogP contribution < -0.4 is 0 Å². The maximum Gasteiger partial charge on any atom is 0.336 e. The molecule has 1 aromatic rings. The highest BCUT2D eigenvalue weighted by Gasteiger charge is 2.15. The molecule has 0 aliphatic heterocycles. The smallest absolute Gasteiger partial charge is 0.336 e. The average molecular weight is 330 g/mol. The van der Waals surface area contributed by atoms with E-state index >= 15 is 0 Å². The molecule has 0 aliphatic carbocycles. The van der Waals surface area contributed by atoms with Gasteiger partial charge in [0.25, 0.3) is 0 Å². The van der Waals surface area contributed by atoms with Crippen LogP contribution in [0.3, 0.4) is 0 Å². The van der Waals surface area contributed by atoms with Gasteiger partial charge in [-0.3, -0.25) is 0 Å². The summed E-state index contributed by atoms with van der Waals surface area (Å²) >= 11 is 0. The zero-order valence-corrected chi connectivity index (χ0v) is 14.3. The van der Waals surface area contributed by atoms with E-state index in [2.05, 4.69) is 18.8 Å². The Bertz CT molecular complexity index is 608. The highest BCUT2D eigenvalue weighted by Crippen LogP contribution is 2.13. The number of carboxylic acid groups (broad SMARTS) is 2. The van der Waals surface area contributed by atoms with Crippen molar-refractivity contribution in [1.82, 2.24) is 0 Å². The van der Waals surface area contributed by atoms with Crippen molar-refractivity contribution in [2.75, 3.05) is 0 Å². The Morgan fingerprint density at radius 1 is 0.875 bits per heavy atom. The molecule has 0 atom stereocenters. The summed E-state index contributed by atoms with van der Waals surface area (Å²) in [5.41, 5.74) is 0.106. The molecule has 0 bridgehead atoms. The van der Waals surface area contributed by atoms with Gasteiger partial charge < -0.3 is 10.2 Å². The minimum atomic E-state index is -1.25. The molecular weight excluding hydrogens is 304 g/mol. The molecule has 1 aromatic carbocycles. The topological polar surface area (TPSA) is 74.6 Å². The van der Waals surface area contributed by atoms with Crippen LogP contribution in [-0.4, -0.2) is 22.2 Å². The van der Waals surface area contributed by atoms with Crippen LogP contribution in [0.15, 0.2) is 18.2 Å². The van der Waals surface area contributed by atoms with E-state index in [1.807, 2.05) is 0 Å². The van der Waals surface area contributed by atoms with Crippen molar-refractivity contribution < 1.29 is 19.8 Å². The molecule has 2 N–H and O–H groups in total. The Hall–Kier alpha value is -2.28. The van der Waals surface area contributed by atoms with Crippen molar-refractivity contribution in [3.05, 3.63) is 34.9 Å². The quantitative estimate of drug-likeness (QED) is 0.469. The predicted octanol–water partition coefficient (Wildman–Crippen LogP) is 4.97. The summed E-state index contributed by atoms with van der Waals surface area (Å²) in [5.74, 6) is 3.46. The van der Waals surface area contributed by atoms with Crippen LogP contribution in [-0.2, 0) is 0 Å². The van der Waals surface area contributed by atoms with E-state index in [-0.39, 0.29) is 11.1 Å². The minimum Gasteiger partial charge on any atom is -0.478 e. The summed E-state index contributed by atoms with van der Waals surface area (Å²) in [5, 5.41) is 18.0. The highest BCUT2D eigenvalue weighted by atomic mass is 16.4. The molecule has 4 nitrogen and oxygen atoms in total. The molecule has 1 rings (SSSR count). The fourth-order valence-corrected chi connectivity index (χ4v) is 2.50. The van der Waals surface area contributed by atoms with Crippen LogP contribution in [0.2, 0.25) is 0 Å². The molecule has 0 amide bonds. The molecular formula is C20H26O4. The monoisotopic (exact) mass is 330 g/mol. The molecule has 24 heavy (non-hydrogen) atoms. The van der Waals surface area contributed by atoms with Crippen molar-refractivity contribution in [3.8, 4) is 11.8 Å². The van der Waals surface area contributed by atoms with Crippen molar-refractivity contribution in [2.24, 2.45) is 0 Å². The zero-order valence-electron chi connectivity index (χ0n) is 14.3. The molecule has 0 spiro atoms. The normalized spacial score (nSPS) is 10.0. The maximum absolute atomic E-state index is 11.1. The van der Waals surface area contributed by atoms with Gasteiger partial charge in [0, 0.05) is 12.0 Å². The van der Waals surface area contributed by atoms with Gasteiger partial charge in [0.05, 0.1) is 11.1 Å². The van der Waals surface area contributed by atoms with Gasteiger partial charge in [0.2, 0.25) is 0 Å². The second-order valence-corrected chi connectivity index (χ2v) is 5.90. The van der Waals surface area contributed by atoms with Gasteiger partial charge in [-0.25, -0.2) is 9.59 Å². The Kier molecular flexibility index (Phi) is 9.29. The second-order valence-electron chi connectivity index (χ2n) is 5.90. The van der Waals surface area contributed by atoms with Gasteiger partial charge >= 0.3 is 11.9 Å². The number of carbonyl (C=O) groups is 2. The molecule has 0 radical (unpaired) electrons. The maximum atomic E-state index is 11.1. The Balaban J connectivity index is 2.40. The number of carboxylic acids is 2.